The topological polar surface area (TPSA) is 40.5 Å². The Morgan fingerprint density at radius 3 is 2.89 bits per heavy atom. The highest BCUT2D eigenvalue weighted by atomic mass is 16.4. The maximum Gasteiger partial charge on any atom is 0.306 e. The van der Waals surface area contributed by atoms with Crippen molar-refractivity contribution in [3.63, 3.8) is 0 Å². The summed E-state index contributed by atoms with van der Waals surface area (Å²) in [7, 11) is 0. The minimum atomic E-state index is -0.696. The Labute approximate surface area is 108 Å². The number of nitrogens with zero attached hydrogens (tertiary/aromatic N) is 1. The van der Waals surface area contributed by atoms with Crippen molar-refractivity contribution in [3.8, 4) is 0 Å². The Morgan fingerprint density at radius 1 is 1.56 bits per heavy atom. The normalized spacial score (nSPS) is 19.7. The fourth-order valence-electron chi connectivity index (χ4n) is 2.87. The van der Waals surface area contributed by atoms with Crippen molar-refractivity contribution in [2.75, 3.05) is 11.4 Å². The second-order valence-electron chi connectivity index (χ2n) is 5.25. The smallest absolute Gasteiger partial charge is 0.306 e. The van der Waals surface area contributed by atoms with Crippen molar-refractivity contribution in [1.29, 1.82) is 0 Å². The average molecular weight is 247 g/mol. The van der Waals surface area contributed by atoms with E-state index in [9.17, 15) is 4.79 Å². The predicted octanol–water partition coefficient (Wildman–Crippen LogP) is 2.86. The Balaban J connectivity index is 2.19. The van der Waals surface area contributed by atoms with Crippen LogP contribution in [-0.2, 0) is 11.2 Å². The number of carbonyl (C=O) groups is 1. The van der Waals surface area contributed by atoms with Gasteiger partial charge in [-0.05, 0) is 38.3 Å². The van der Waals surface area contributed by atoms with Crippen LogP contribution < -0.4 is 4.90 Å². The molecule has 1 aliphatic rings. The summed E-state index contributed by atoms with van der Waals surface area (Å²) in [5.74, 6) is -0.974. The highest BCUT2D eigenvalue weighted by Crippen LogP contribution is 2.35. The van der Waals surface area contributed by atoms with Crippen LogP contribution in [0, 0.1) is 12.8 Å². The Morgan fingerprint density at radius 2 is 2.28 bits per heavy atom. The highest BCUT2D eigenvalue weighted by Gasteiger charge is 2.30. The van der Waals surface area contributed by atoms with E-state index < -0.39 is 5.97 Å². The molecule has 0 spiro atoms. The summed E-state index contributed by atoms with van der Waals surface area (Å²) in [6, 6.07) is 6.85. The van der Waals surface area contributed by atoms with Crippen molar-refractivity contribution in [3.05, 3.63) is 29.3 Å². The molecule has 18 heavy (non-hydrogen) atoms. The van der Waals surface area contributed by atoms with Crippen molar-refractivity contribution >= 4 is 11.7 Å². The van der Waals surface area contributed by atoms with Gasteiger partial charge < -0.3 is 10.0 Å². The molecule has 0 bridgehead atoms. The van der Waals surface area contributed by atoms with Crippen LogP contribution in [0.25, 0.3) is 0 Å². The summed E-state index contributed by atoms with van der Waals surface area (Å²) >= 11 is 0. The average Bonchev–Trinajstić information content (AvgIpc) is 2.64. The van der Waals surface area contributed by atoms with Crippen molar-refractivity contribution < 1.29 is 9.90 Å². The first-order valence-electron chi connectivity index (χ1n) is 6.62. The van der Waals surface area contributed by atoms with Gasteiger partial charge in [-0.15, -0.1) is 0 Å². The third kappa shape index (κ3) is 2.35. The first-order chi connectivity index (χ1) is 8.52. The Hall–Kier alpha value is -1.51. The molecule has 1 aromatic rings. The van der Waals surface area contributed by atoms with Gasteiger partial charge in [0.05, 0.1) is 5.92 Å². The minimum absolute atomic E-state index is 0.278. The lowest BCUT2D eigenvalue weighted by molar-refractivity contribution is -0.141. The molecule has 3 nitrogen and oxygen atoms in total. The van der Waals surface area contributed by atoms with E-state index in [4.69, 9.17) is 5.11 Å². The van der Waals surface area contributed by atoms with Crippen LogP contribution in [0.2, 0.25) is 0 Å². The molecule has 2 unspecified atom stereocenters. The predicted molar refractivity (Wildman–Crippen MR) is 73.1 cm³/mol. The number of fused-ring (bicyclic) bond motifs is 1. The van der Waals surface area contributed by atoms with Gasteiger partial charge in [-0.1, -0.05) is 24.6 Å². The molecule has 2 rings (SSSR count). The molecule has 0 aromatic heterocycles. The zero-order valence-electron chi connectivity index (χ0n) is 11.3. The number of carboxylic acids is 1. The van der Waals surface area contributed by atoms with Crippen LogP contribution in [0.3, 0.4) is 0 Å². The van der Waals surface area contributed by atoms with Crippen LogP contribution in [0.1, 0.15) is 31.4 Å². The molecule has 1 heterocycles. The summed E-state index contributed by atoms with van der Waals surface area (Å²) in [5, 5.41) is 9.04. The van der Waals surface area contributed by atoms with Gasteiger partial charge in [0, 0.05) is 18.3 Å². The lowest BCUT2D eigenvalue weighted by Crippen LogP contribution is -2.34. The van der Waals surface area contributed by atoms with E-state index in [1.54, 1.807) is 6.92 Å². The first kappa shape index (κ1) is 12.9. The second-order valence-corrected chi connectivity index (χ2v) is 5.25. The van der Waals surface area contributed by atoms with E-state index in [1.807, 2.05) is 0 Å². The number of benzene rings is 1. The molecule has 1 N–H and O–H groups in total. The maximum absolute atomic E-state index is 11.0. The first-order valence-corrected chi connectivity index (χ1v) is 6.62. The zero-order valence-corrected chi connectivity index (χ0v) is 11.3. The summed E-state index contributed by atoms with van der Waals surface area (Å²) in [6.45, 7) is 6.97. The van der Waals surface area contributed by atoms with E-state index in [2.05, 4.69) is 36.9 Å². The number of rotatable bonds is 4. The van der Waals surface area contributed by atoms with Crippen molar-refractivity contribution in [2.45, 2.75) is 39.7 Å². The summed E-state index contributed by atoms with van der Waals surface area (Å²) in [4.78, 5) is 13.3. The quantitative estimate of drug-likeness (QED) is 0.889. The third-order valence-corrected chi connectivity index (χ3v) is 3.83. The number of carboxylic acid groups (broad SMARTS) is 1. The maximum atomic E-state index is 11.0. The lowest BCUT2D eigenvalue weighted by atomic mass is 9.98. The Kier molecular flexibility index (Phi) is 3.60. The number of anilines is 1. The summed E-state index contributed by atoms with van der Waals surface area (Å²) in [5.41, 5.74) is 3.92. The van der Waals surface area contributed by atoms with E-state index in [0.29, 0.717) is 6.04 Å². The number of hydrogen-bond donors (Lipinski definition) is 1. The number of aryl methyl sites for hydroxylation is 1. The Bertz CT molecular complexity index is 456. The lowest BCUT2D eigenvalue weighted by Gasteiger charge is -2.27. The van der Waals surface area contributed by atoms with Gasteiger partial charge in [0.1, 0.15) is 0 Å². The van der Waals surface area contributed by atoms with Crippen molar-refractivity contribution in [1.82, 2.24) is 0 Å². The number of hydrogen-bond acceptors (Lipinski definition) is 2. The van der Waals surface area contributed by atoms with Gasteiger partial charge in [0.25, 0.3) is 0 Å². The largest absolute Gasteiger partial charge is 0.481 e. The molecule has 0 amide bonds. The van der Waals surface area contributed by atoms with E-state index >= 15 is 0 Å². The molecular weight excluding hydrogens is 226 g/mol. The van der Waals surface area contributed by atoms with Crippen LogP contribution in [0.15, 0.2) is 18.2 Å². The van der Waals surface area contributed by atoms with Crippen molar-refractivity contribution in [2.24, 2.45) is 5.92 Å². The molecular formula is C15H21NO2. The van der Waals surface area contributed by atoms with Crippen LogP contribution in [0.5, 0.6) is 0 Å². The minimum Gasteiger partial charge on any atom is -0.481 e. The summed E-state index contributed by atoms with van der Waals surface area (Å²) < 4.78 is 0. The monoisotopic (exact) mass is 247 g/mol. The molecule has 0 radical (unpaired) electrons. The van der Waals surface area contributed by atoms with Gasteiger partial charge in [-0.2, -0.15) is 0 Å². The van der Waals surface area contributed by atoms with E-state index in [0.717, 1.165) is 19.4 Å². The van der Waals surface area contributed by atoms with Gasteiger partial charge >= 0.3 is 5.97 Å². The molecule has 1 aliphatic heterocycles. The SMILES string of the molecule is CCN1c2ccc(C)cc2CC1CC(C)C(=O)O. The number of aliphatic carboxylic acids is 1. The number of likely N-dealkylation sites (N-methyl/N-ethyl adjacent to an activating group) is 1. The van der Waals surface area contributed by atoms with Crippen LogP contribution >= 0.6 is 0 Å². The fourth-order valence-corrected chi connectivity index (χ4v) is 2.87. The van der Waals surface area contributed by atoms with Crippen LogP contribution in [-0.4, -0.2) is 23.7 Å². The van der Waals surface area contributed by atoms with Gasteiger partial charge in [-0.3, -0.25) is 4.79 Å². The molecule has 0 saturated carbocycles. The molecule has 3 heteroatoms. The molecule has 1 aromatic carbocycles. The molecule has 2 atom stereocenters. The van der Waals surface area contributed by atoms with Crippen LogP contribution in [0.4, 0.5) is 5.69 Å². The fraction of sp³-hybridized carbons (Fsp3) is 0.533. The molecule has 0 saturated heterocycles. The van der Waals surface area contributed by atoms with E-state index in [-0.39, 0.29) is 5.92 Å². The zero-order chi connectivity index (χ0) is 13.3. The van der Waals surface area contributed by atoms with Gasteiger partial charge in [0.2, 0.25) is 0 Å². The second kappa shape index (κ2) is 5.01. The third-order valence-electron chi connectivity index (χ3n) is 3.83. The van der Waals surface area contributed by atoms with Gasteiger partial charge in [0.15, 0.2) is 0 Å². The van der Waals surface area contributed by atoms with Gasteiger partial charge in [-0.25, -0.2) is 0 Å². The molecule has 98 valence electrons. The molecule has 0 aliphatic carbocycles. The summed E-state index contributed by atoms with van der Waals surface area (Å²) in [6.07, 6.45) is 1.69. The van der Waals surface area contributed by atoms with E-state index in [1.165, 1.54) is 16.8 Å². The standard InChI is InChI=1S/C15H21NO2/c1-4-16-13(8-11(3)15(17)18)9-12-7-10(2)5-6-14(12)16/h5-7,11,13H,4,8-9H2,1-3H3,(H,17,18). The highest BCUT2D eigenvalue weighted by molar-refractivity contribution is 5.70. The molecule has 0 fully saturated rings.